The molecule has 1 nitrogen and oxygen atoms in total. The first-order valence-corrected chi connectivity index (χ1v) is 2.92. The van der Waals surface area contributed by atoms with Crippen molar-refractivity contribution in [3.05, 3.63) is 6.92 Å². The van der Waals surface area contributed by atoms with E-state index in [4.69, 9.17) is 0 Å². The van der Waals surface area contributed by atoms with Crippen molar-refractivity contribution >= 4 is 0 Å². The van der Waals surface area contributed by atoms with Crippen LogP contribution < -0.4 is 18.9 Å². The van der Waals surface area contributed by atoms with Crippen molar-refractivity contribution in [1.29, 1.82) is 0 Å². The molecule has 0 aliphatic rings. The molecule has 0 saturated carbocycles. The maximum absolute atomic E-state index is 3.97. The Morgan fingerprint density at radius 3 is 1.67 bits per heavy atom. The van der Waals surface area contributed by atoms with Crippen molar-refractivity contribution in [1.82, 2.24) is 4.90 Å². The van der Waals surface area contributed by atoms with Crippen LogP contribution in [-0.2, 0) is 0 Å². The molecule has 0 aromatic rings. The minimum Gasteiger partial charge on any atom is -0.337 e. The standard InChI is InChI=1S/C7H16N.Li/c1-7(2,3)6-8(4)5;/h1,6H2,2-5H3;/q-1;+1. The molecule has 9 heavy (non-hydrogen) atoms. The van der Waals surface area contributed by atoms with E-state index in [1.165, 1.54) is 0 Å². The van der Waals surface area contributed by atoms with Gasteiger partial charge in [-0.25, -0.2) is 0 Å². The van der Waals surface area contributed by atoms with E-state index in [9.17, 15) is 0 Å². The minimum atomic E-state index is 0. The first kappa shape index (κ1) is 12.3. The van der Waals surface area contributed by atoms with Crippen LogP contribution in [0.4, 0.5) is 0 Å². The number of rotatable bonds is 2. The fraction of sp³-hybridized carbons (Fsp3) is 0.857. The fourth-order valence-electron chi connectivity index (χ4n) is 0.856. The average Bonchev–Trinajstić information content (AvgIpc) is 1.21. The van der Waals surface area contributed by atoms with Crippen LogP contribution in [0.3, 0.4) is 0 Å². The zero-order valence-corrected chi connectivity index (χ0v) is 7.36. The summed E-state index contributed by atoms with van der Waals surface area (Å²) in [4.78, 5) is 2.15. The van der Waals surface area contributed by atoms with Gasteiger partial charge in [-0.2, -0.15) is 5.41 Å². The Balaban J connectivity index is 0. The molecule has 0 saturated heterocycles. The summed E-state index contributed by atoms with van der Waals surface area (Å²) < 4.78 is 0. The van der Waals surface area contributed by atoms with Crippen LogP contribution in [0.15, 0.2) is 0 Å². The second-order valence-electron chi connectivity index (χ2n) is 3.40. The largest absolute Gasteiger partial charge is 1.00 e. The van der Waals surface area contributed by atoms with E-state index >= 15 is 0 Å². The zero-order valence-electron chi connectivity index (χ0n) is 7.36. The SMILES string of the molecule is [CH2-]C(C)(C)CN(C)C.[Li+]. The van der Waals surface area contributed by atoms with E-state index in [1.807, 2.05) is 0 Å². The molecule has 0 N–H and O–H groups in total. The monoisotopic (exact) mass is 121 g/mol. The van der Waals surface area contributed by atoms with Gasteiger partial charge in [0.1, 0.15) is 0 Å². The number of hydrogen-bond acceptors (Lipinski definition) is 1. The molecule has 0 heterocycles. The summed E-state index contributed by atoms with van der Waals surface area (Å²) in [5, 5.41) is 0. The van der Waals surface area contributed by atoms with E-state index in [0.29, 0.717) is 0 Å². The predicted octanol–water partition coefficient (Wildman–Crippen LogP) is -1.59. The van der Waals surface area contributed by atoms with Gasteiger partial charge in [0.05, 0.1) is 0 Å². The molecule has 0 radical (unpaired) electrons. The third kappa shape index (κ3) is 11.9. The molecule has 0 aromatic heterocycles. The summed E-state index contributed by atoms with van der Waals surface area (Å²) in [5.41, 5.74) is 0.198. The summed E-state index contributed by atoms with van der Waals surface area (Å²) in [6.45, 7) is 9.28. The smallest absolute Gasteiger partial charge is 0.337 e. The van der Waals surface area contributed by atoms with Crippen LogP contribution in [0.2, 0.25) is 0 Å². The molecule has 0 aliphatic carbocycles. The topological polar surface area (TPSA) is 3.24 Å². The van der Waals surface area contributed by atoms with Crippen LogP contribution in [-0.4, -0.2) is 25.5 Å². The molecule has 0 fully saturated rings. The molecule has 0 amide bonds. The van der Waals surface area contributed by atoms with Gasteiger partial charge in [0, 0.05) is 0 Å². The Morgan fingerprint density at radius 1 is 1.33 bits per heavy atom. The van der Waals surface area contributed by atoms with Crippen molar-refractivity contribution < 1.29 is 18.9 Å². The van der Waals surface area contributed by atoms with Gasteiger partial charge in [-0.1, -0.05) is 13.8 Å². The van der Waals surface area contributed by atoms with Gasteiger partial charge in [-0.3, -0.25) is 0 Å². The summed E-state index contributed by atoms with van der Waals surface area (Å²) >= 11 is 0. The molecular formula is C7H16LiN. The Labute approximate surface area is 71.0 Å². The first-order chi connectivity index (χ1) is 3.42. The van der Waals surface area contributed by atoms with Crippen molar-refractivity contribution in [2.24, 2.45) is 5.41 Å². The van der Waals surface area contributed by atoms with Gasteiger partial charge in [0.25, 0.3) is 0 Å². The second kappa shape index (κ2) is 4.39. The first-order valence-electron chi connectivity index (χ1n) is 2.92. The van der Waals surface area contributed by atoms with Crippen molar-refractivity contribution in [2.45, 2.75) is 13.8 Å². The molecule has 0 unspecified atom stereocenters. The normalized spacial score (nSPS) is 11.3. The number of nitrogens with zero attached hydrogens (tertiary/aromatic N) is 1. The van der Waals surface area contributed by atoms with E-state index < -0.39 is 0 Å². The summed E-state index contributed by atoms with van der Waals surface area (Å²) in [6, 6.07) is 0. The molecular weight excluding hydrogens is 105 g/mol. The Morgan fingerprint density at radius 2 is 1.67 bits per heavy atom. The molecule has 2 heteroatoms. The molecule has 0 bridgehead atoms. The van der Waals surface area contributed by atoms with Crippen LogP contribution in [0.5, 0.6) is 0 Å². The van der Waals surface area contributed by atoms with Crippen LogP contribution in [0.25, 0.3) is 0 Å². The second-order valence-corrected chi connectivity index (χ2v) is 3.40. The molecule has 0 aromatic carbocycles. The molecule has 0 atom stereocenters. The Bertz CT molecular complexity index is 63.8. The third-order valence-corrected chi connectivity index (χ3v) is 0.744. The van der Waals surface area contributed by atoms with Crippen LogP contribution in [0.1, 0.15) is 13.8 Å². The summed E-state index contributed by atoms with van der Waals surface area (Å²) in [6.07, 6.45) is 0. The predicted molar refractivity (Wildman–Crippen MR) is 37.7 cm³/mol. The van der Waals surface area contributed by atoms with Gasteiger partial charge in [-0.05, 0) is 20.6 Å². The Kier molecular flexibility index (Phi) is 5.97. The van der Waals surface area contributed by atoms with Crippen LogP contribution in [0, 0.1) is 12.3 Å². The van der Waals surface area contributed by atoms with Crippen molar-refractivity contribution in [3.8, 4) is 0 Å². The Hall–Kier alpha value is 0.557. The third-order valence-electron chi connectivity index (χ3n) is 0.744. The number of hydrogen-bond donors (Lipinski definition) is 0. The van der Waals surface area contributed by atoms with Gasteiger partial charge in [0.15, 0.2) is 0 Å². The van der Waals surface area contributed by atoms with Crippen molar-refractivity contribution in [2.75, 3.05) is 20.6 Å². The quantitative estimate of drug-likeness (QED) is 0.314. The molecule has 50 valence electrons. The van der Waals surface area contributed by atoms with E-state index in [-0.39, 0.29) is 24.3 Å². The molecule has 0 rings (SSSR count). The van der Waals surface area contributed by atoms with E-state index in [0.717, 1.165) is 6.54 Å². The summed E-state index contributed by atoms with van der Waals surface area (Å²) in [5.74, 6) is 0. The van der Waals surface area contributed by atoms with Crippen molar-refractivity contribution in [3.63, 3.8) is 0 Å². The van der Waals surface area contributed by atoms with Gasteiger partial charge < -0.3 is 11.8 Å². The maximum Gasteiger partial charge on any atom is 1.00 e. The molecule has 0 spiro atoms. The van der Waals surface area contributed by atoms with Gasteiger partial charge in [-0.15, -0.1) is 0 Å². The molecule has 0 aliphatic heterocycles. The maximum atomic E-state index is 3.97. The average molecular weight is 121 g/mol. The van der Waals surface area contributed by atoms with Gasteiger partial charge in [0.2, 0.25) is 0 Å². The summed E-state index contributed by atoms with van der Waals surface area (Å²) in [7, 11) is 4.12. The van der Waals surface area contributed by atoms with E-state index in [1.54, 1.807) is 0 Å². The van der Waals surface area contributed by atoms with Gasteiger partial charge >= 0.3 is 18.9 Å². The minimum absolute atomic E-state index is 0. The van der Waals surface area contributed by atoms with E-state index in [2.05, 4.69) is 39.8 Å². The fourth-order valence-corrected chi connectivity index (χ4v) is 0.856. The zero-order chi connectivity index (χ0) is 6.78. The van der Waals surface area contributed by atoms with Crippen LogP contribution >= 0.6 is 0 Å².